The molecule has 1 fully saturated rings. The van der Waals surface area contributed by atoms with Crippen LogP contribution in [0.3, 0.4) is 0 Å². The second-order valence-corrected chi connectivity index (χ2v) is 9.01. The van der Waals surface area contributed by atoms with Gasteiger partial charge in [0.15, 0.2) is 0 Å². The molecule has 1 saturated carbocycles. The van der Waals surface area contributed by atoms with Crippen molar-refractivity contribution in [2.24, 2.45) is 5.92 Å². The van der Waals surface area contributed by atoms with Gasteiger partial charge in [0.25, 0.3) is 0 Å². The maximum Gasteiger partial charge on any atom is 0.407 e. The number of rotatable bonds is 8. The van der Waals surface area contributed by atoms with Crippen LogP contribution in [-0.2, 0) is 20.9 Å². The number of alkyl carbamates (subject to hydrolysis) is 1. The third-order valence-corrected chi connectivity index (χ3v) is 5.06. The van der Waals surface area contributed by atoms with E-state index >= 15 is 0 Å². The van der Waals surface area contributed by atoms with Gasteiger partial charge >= 0.3 is 6.09 Å². The molecule has 3 amide bonds. The highest BCUT2D eigenvalue weighted by atomic mass is 16.6. The molecule has 0 aromatic heterocycles. The Bertz CT molecular complexity index is 805. The first kappa shape index (κ1) is 24.4. The van der Waals surface area contributed by atoms with Gasteiger partial charge in [-0.05, 0) is 64.2 Å². The molecular weight excluding hydrogens is 394 g/mol. The van der Waals surface area contributed by atoms with Gasteiger partial charge in [0.1, 0.15) is 5.60 Å². The van der Waals surface area contributed by atoms with Crippen LogP contribution in [0, 0.1) is 5.92 Å². The summed E-state index contributed by atoms with van der Waals surface area (Å²) < 4.78 is 5.13. The molecule has 0 unspecified atom stereocenters. The second-order valence-electron chi connectivity index (χ2n) is 9.01. The van der Waals surface area contributed by atoms with Crippen molar-refractivity contribution < 1.29 is 19.1 Å². The van der Waals surface area contributed by atoms with E-state index < -0.39 is 11.7 Å². The molecule has 0 radical (unpaired) electrons. The molecule has 1 aliphatic rings. The molecule has 31 heavy (non-hydrogen) atoms. The number of amides is 3. The first-order chi connectivity index (χ1) is 14.6. The number of carbonyl (C=O) groups is 3. The molecule has 0 aliphatic heterocycles. The number of nitrogens with one attached hydrogen (secondary N) is 3. The van der Waals surface area contributed by atoms with Crippen LogP contribution in [0.2, 0.25) is 0 Å². The van der Waals surface area contributed by atoms with E-state index in [1.54, 1.807) is 32.9 Å². The summed E-state index contributed by atoms with van der Waals surface area (Å²) in [5, 5.41) is 8.28. The van der Waals surface area contributed by atoms with E-state index in [9.17, 15) is 14.4 Å². The van der Waals surface area contributed by atoms with Gasteiger partial charge in [-0.25, -0.2) is 4.79 Å². The van der Waals surface area contributed by atoms with Gasteiger partial charge in [0.2, 0.25) is 11.8 Å². The van der Waals surface area contributed by atoms with Gasteiger partial charge in [-0.3, -0.25) is 9.59 Å². The quantitative estimate of drug-likeness (QED) is 0.537. The van der Waals surface area contributed by atoms with Gasteiger partial charge in [-0.15, -0.1) is 0 Å². The number of hydrogen-bond acceptors (Lipinski definition) is 4. The molecule has 0 heterocycles. The van der Waals surface area contributed by atoms with Gasteiger partial charge in [0.05, 0.1) is 0 Å². The van der Waals surface area contributed by atoms with Crippen LogP contribution in [0.25, 0.3) is 0 Å². The Morgan fingerprint density at radius 1 is 1.13 bits per heavy atom. The van der Waals surface area contributed by atoms with Gasteiger partial charge in [-0.2, -0.15) is 0 Å². The van der Waals surface area contributed by atoms with Crippen molar-refractivity contribution in [1.82, 2.24) is 10.6 Å². The fraction of sp³-hybridized carbons (Fsp3) is 0.542. The van der Waals surface area contributed by atoms with Crippen molar-refractivity contribution in [2.45, 2.75) is 71.9 Å². The predicted molar refractivity (Wildman–Crippen MR) is 121 cm³/mol. The second kappa shape index (κ2) is 11.5. The molecule has 1 aliphatic carbocycles. The monoisotopic (exact) mass is 429 g/mol. The minimum atomic E-state index is -0.576. The average Bonchev–Trinajstić information content (AvgIpc) is 3.20. The lowest BCUT2D eigenvalue weighted by Gasteiger charge is -2.19. The standard InChI is InChI=1S/C24H35N3O4/c1-17(19-9-5-6-10-19)14-22(29)26-16-18-8-7-11-20(15-18)27-21(28)12-13-25-23(30)31-24(2,3)4/h7-8,11,14-15,19H,5-6,9-10,12-13,16H2,1-4H3,(H,25,30)(H,26,29)(H,27,28)/b17-14+. The van der Waals surface area contributed by atoms with E-state index in [1.807, 2.05) is 25.1 Å². The summed E-state index contributed by atoms with van der Waals surface area (Å²) in [5.41, 5.74) is 2.11. The summed E-state index contributed by atoms with van der Waals surface area (Å²) in [6, 6.07) is 7.34. The molecule has 2 rings (SSSR count). The van der Waals surface area contributed by atoms with E-state index in [2.05, 4.69) is 16.0 Å². The molecule has 0 atom stereocenters. The minimum absolute atomic E-state index is 0.0907. The molecule has 7 nitrogen and oxygen atoms in total. The smallest absolute Gasteiger partial charge is 0.407 e. The SMILES string of the molecule is C/C(=C\C(=O)NCc1cccc(NC(=O)CCNC(=O)OC(C)(C)C)c1)C1CCCC1. The zero-order chi connectivity index (χ0) is 22.9. The Labute approximate surface area is 185 Å². The highest BCUT2D eigenvalue weighted by Crippen LogP contribution is 2.30. The number of hydrogen-bond donors (Lipinski definition) is 3. The van der Waals surface area contributed by atoms with Crippen LogP contribution in [0.15, 0.2) is 35.9 Å². The molecule has 170 valence electrons. The molecule has 3 N–H and O–H groups in total. The van der Waals surface area contributed by atoms with Crippen molar-refractivity contribution >= 4 is 23.6 Å². The maximum absolute atomic E-state index is 12.2. The Kier molecular flexibility index (Phi) is 9.09. The summed E-state index contributed by atoms with van der Waals surface area (Å²) >= 11 is 0. The van der Waals surface area contributed by atoms with E-state index in [-0.39, 0.29) is 24.8 Å². The maximum atomic E-state index is 12.2. The van der Waals surface area contributed by atoms with Crippen LogP contribution in [0.4, 0.5) is 10.5 Å². The normalized spacial score (nSPS) is 14.8. The van der Waals surface area contributed by atoms with E-state index in [0.29, 0.717) is 18.2 Å². The zero-order valence-electron chi connectivity index (χ0n) is 19.0. The van der Waals surface area contributed by atoms with Crippen molar-refractivity contribution in [3.63, 3.8) is 0 Å². The third-order valence-electron chi connectivity index (χ3n) is 5.06. The van der Waals surface area contributed by atoms with Gasteiger partial charge in [-0.1, -0.05) is 30.5 Å². The first-order valence-electron chi connectivity index (χ1n) is 10.9. The van der Waals surface area contributed by atoms with Crippen LogP contribution in [0.5, 0.6) is 0 Å². The average molecular weight is 430 g/mol. The van der Waals surface area contributed by atoms with Crippen LogP contribution in [-0.4, -0.2) is 30.1 Å². The topological polar surface area (TPSA) is 96.5 Å². The Balaban J connectivity index is 1.75. The van der Waals surface area contributed by atoms with Crippen molar-refractivity contribution in [1.29, 1.82) is 0 Å². The van der Waals surface area contributed by atoms with Crippen molar-refractivity contribution in [2.75, 3.05) is 11.9 Å². The molecule has 0 spiro atoms. The highest BCUT2D eigenvalue weighted by Gasteiger charge is 2.17. The summed E-state index contributed by atoms with van der Waals surface area (Å²) in [4.78, 5) is 35.9. The number of allylic oxidation sites excluding steroid dienone is 1. The summed E-state index contributed by atoms with van der Waals surface area (Å²) in [7, 11) is 0. The predicted octanol–water partition coefficient (Wildman–Crippen LogP) is 4.29. The van der Waals surface area contributed by atoms with Crippen LogP contribution in [0.1, 0.15) is 65.4 Å². The summed E-state index contributed by atoms with van der Waals surface area (Å²) in [6.07, 6.45) is 6.12. The van der Waals surface area contributed by atoms with E-state index in [0.717, 1.165) is 11.1 Å². The lowest BCUT2D eigenvalue weighted by Crippen LogP contribution is -2.34. The number of benzene rings is 1. The number of carbonyl (C=O) groups excluding carboxylic acids is 3. The highest BCUT2D eigenvalue weighted by molar-refractivity contribution is 5.91. The minimum Gasteiger partial charge on any atom is -0.444 e. The van der Waals surface area contributed by atoms with Crippen LogP contribution < -0.4 is 16.0 Å². The molecule has 7 heteroatoms. The zero-order valence-corrected chi connectivity index (χ0v) is 19.0. The van der Waals surface area contributed by atoms with Crippen molar-refractivity contribution in [3.8, 4) is 0 Å². The third kappa shape index (κ3) is 9.68. The van der Waals surface area contributed by atoms with E-state index in [1.165, 1.54) is 25.7 Å². The Hall–Kier alpha value is -2.83. The van der Waals surface area contributed by atoms with Gasteiger partial charge in [0, 0.05) is 31.3 Å². The van der Waals surface area contributed by atoms with Crippen LogP contribution >= 0.6 is 0 Å². The number of anilines is 1. The fourth-order valence-corrected chi connectivity index (χ4v) is 3.52. The fourth-order valence-electron chi connectivity index (χ4n) is 3.52. The Morgan fingerprint density at radius 3 is 2.52 bits per heavy atom. The first-order valence-corrected chi connectivity index (χ1v) is 10.9. The molecule has 1 aromatic carbocycles. The Morgan fingerprint density at radius 2 is 1.84 bits per heavy atom. The van der Waals surface area contributed by atoms with E-state index in [4.69, 9.17) is 4.74 Å². The summed E-state index contributed by atoms with van der Waals surface area (Å²) in [6.45, 7) is 7.94. The molecule has 0 saturated heterocycles. The molecule has 0 bridgehead atoms. The molecular formula is C24H35N3O4. The lowest BCUT2D eigenvalue weighted by molar-refractivity contribution is -0.117. The lowest BCUT2D eigenvalue weighted by atomic mass is 9.99. The molecule has 1 aromatic rings. The largest absolute Gasteiger partial charge is 0.444 e. The van der Waals surface area contributed by atoms with Crippen molar-refractivity contribution in [3.05, 3.63) is 41.5 Å². The summed E-state index contributed by atoms with van der Waals surface area (Å²) in [5.74, 6) is 0.230. The number of ether oxygens (including phenoxy) is 1. The van der Waals surface area contributed by atoms with Gasteiger partial charge < -0.3 is 20.7 Å².